The molecule has 0 saturated heterocycles. The minimum absolute atomic E-state index is 0.254. The van der Waals surface area contributed by atoms with Crippen molar-refractivity contribution in [3.63, 3.8) is 0 Å². The zero-order chi connectivity index (χ0) is 14.3. The second-order valence-corrected chi connectivity index (χ2v) is 6.56. The molecule has 0 aromatic rings. The van der Waals surface area contributed by atoms with Crippen LogP contribution in [0.3, 0.4) is 0 Å². The molecule has 3 nitrogen and oxygen atoms in total. The Balaban J connectivity index is 2.57. The predicted octanol–water partition coefficient (Wildman–Crippen LogP) is 3.78. The van der Waals surface area contributed by atoms with Gasteiger partial charge in [-0.2, -0.15) is 0 Å². The molecule has 0 bridgehead atoms. The maximum absolute atomic E-state index is 11.1. The topological polar surface area (TPSA) is 40.5 Å². The molecule has 0 aromatic carbocycles. The maximum atomic E-state index is 11.1. The zero-order valence-electron chi connectivity index (χ0n) is 12.9. The van der Waals surface area contributed by atoms with Gasteiger partial charge in [-0.3, -0.25) is 9.69 Å². The molecule has 1 fully saturated rings. The van der Waals surface area contributed by atoms with Gasteiger partial charge in [0.25, 0.3) is 0 Å². The van der Waals surface area contributed by atoms with E-state index in [0.29, 0.717) is 18.5 Å². The Labute approximate surface area is 118 Å². The molecule has 0 radical (unpaired) electrons. The number of nitrogens with zero attached hydrogens (tertiary/aromatic N) is 1. The lowest BCUT2D eigenvalue weighted by Gasteiger charge is -2.33. The number of hydrogen-bond acceptors (Lipinski definition) is 2. The van der Waals surface area contributed by atoms with E-state index in [4.69, 9.17) is 5.11 Å². The summed E-state index contributed by atoms with van der Waals surface area (Å²) in [4.78, 5) is 13.6. The van der Waals surface area contributed by atoms with Crippen molar-refractivity contribution in [2.75, 3.05) is 13.1 Å². The summed E-state index contributed by atoms with van der Waals surface area (Å²) in [6.07, 6.45) is 9.00. The lowest BCUT2D eigenvalue weighted by molar-refractivity contribution is -0.142. The van der Waals surface area contributed by atoms with E-state index < -0.39 is 5.97 Å². The fourth-order valence-corrected chi connectivity index (χ4v) is 2.90. The Morgan fingerprint density at radius 3 is 2.21 bits per heavy atom. The van der Waals surface area contributed by atoms with Gasteiger partial charge in [0.1, 0.15) is 0 Å². The third-order valence-electron chi connectivity index (χ3n) is 4.26. The number of rotatable bonds is 7. The van der Waals surface area contributed by atoms with Gasteiger partial charge in [0.2, 0.25) is 0 Å². The van der Waals surface area contributed by atoms with E-state index in [1.54, 1.807) is 0 Å². The molecule has 3 heteroatoms. The van der Waals surface area contributed by atoms with Crippen LogP contribution in [0.25, 0.3) is 0 Å². The van der Waals surface area contributed by atoms with Gasteiger partial charge in [-0.15, -0.1) is 0 Å². The highest BCUT2D eigenvalue weighted by Gasteiger charge is 2.24. The van der Waals surface area contributed by atoms with Gasteiger partial charge in [0.15, 0.2) is 0 Å². The Hall–Kier alpha value is -0.570. The highest BCUT2D eigenvalue weighted by atomic mass is 16.4. The first kappa shape index (κ1) is 16.5. The molecule has 0 amide bonds. The second-order valence-electron chi connectivity index (χ2n) is 6.56. The van der Waals surface area contributed by atoms with E-state index in [9.17, 15) is 4.79 Å². The van der Waals surface area contributed by atoms with Crippen molar-refractivity contribution in [1.29, 1.82) is 0 Å². The molecule has 1 unspecified atom stereocenters. The van der Waals surface area contributed by atoms with Gasteiger partial charge in [-0.05, 0) is 31.7 Å². The molecule has 0 aromatic heterocycles. The van der Waals surface area contributed by atoms with E-state index in [2.05, 4.69) is 18.7 Å². The van der Waals surface area contributed by atoms with Crippen LogP contribution >= 0.6 is 0 Å². The van der Waals surface area contributed by atoms with Crippen LogP contribution in [0.5, 0.6) is 0 Å². The van der Waals surface area contributed by atoms with Gasteiger partial charge >= 0.3 is 5.97 Å². The Bertz CT molecular complexity index is 257. The predicted molar refractivity (Wildman–Crippen MR) is 79.3 cm³/mol. The van der Waals surface area contributed by atoms with Crippen LogP contribution in [0.4, 0.5) is 0 Å². The minimum atomic E-state index is -0.664. The largest absolute Gasteiger partial charge is 0.481 e. The Kier molecular flexibility index (Phi) is 7.44. The standard InChI is InChI=1S/C16H31NO2/c1-13(2)10-11-17(12-14(3)16(18)19)15-8-6-4-5-7-9-15/h13-15H,4-12H2,1-3H3,(H,18,19). The summed E-state index contributed by atoms with van der Waals surface area (Å²) < 4.78 is 0. The average molecular weight is 269 g/mol. The van der Waals surface area contributed by atoms with Gasteiger partial charge in [-0.1, -0.05) is 46.5 Å². The smallest absolute Gasteiger partial charge is 0.307 e. The fourth-order valence-electron chi connectivity index (χ4n) is 2.90. The van der Waals surface area contributed by atoms with Crippen molar-refractivity contribution in [1.82, 2.24) is 4.90 Å². The van der Waals surface area contributed by atoms with Gasteiger partial charge in [0, 0.05) is 12.6 Å². The number of aliphatic carboxylic acids is 1. The van der Waals surface area contributed by atoms with Crippen LogP contribution in [-0.2, 0) is 4.79 Å². The number of carboxylic acids is 1. The van der Waals surface area contributed by atoms with Crippen LogP contribution in [0.15, 0.2) is 0 Å². The van der Waals surface area contributed by atoms with E-state index in [1.165, 1.54) is 44.9 Å². The highest BCUT2D eigenvalue weighted by molar-refractivity contribution is 5.69. The van der Waals surface area contributed by atoms with Crippen LogP contribution < -0.4 is 0 Å². The molecule has 0 aliphatic heterocycles. The number of carboxylic acid groups (broad SMARTS) is 1. The molecular formula is C16H31NO2. The summed E-state index contributed by atoms with van der Waals surface area (Å²) in [5, 5.41) is 9.14. The molecule has 1 aliphatic carbocycles. The van der Waals surface area contributed by atoms with Crippen molar-refractivity contribution in [3.05, 3.63) is 0 Å². The Morgan fingerprint density at radius 2 is 1.74 bits per heavy atom. The minimum Gasteiger partial charge on any atom is -0.481 e. The molecule has 0 spiro atoms. The summed E-state index contributed by atoms with van der Waals surface area (Å²) in [6, 6.07) is 0.614. The van der Waals surface area contributed by atoms with Crippen molar-refractivity contribution >= 4 is 5.97 Å². The third kappa shape index (κ3) is 6.42. The van der Waals surface area contributed by atoms with Crippen molar-refractivity contribution < 1.29 is 9.90 Å². The molecule has 1 saturated carbocycles. The summed E-state index contributed by atoms with van der Waals surface area (Å²) in [5.74, 6) is -0.230. The van der Waals surface area contributed by atoms with Gasteiger partial charge < -0.3 is 5.11 Å². The molecule has 0 heterocycles. The van der Waals surface area contributed by atoms with E-state index in [-0.39, 0.29) is 5.92 Å². The van der Waals surface area contributed by atoms with Crippen LogP contribution in [-0.4, -0.2) is 35.1 Å². The van der Waals surface area contributed by atoms with E-state index >= 15 is 0 Å². The SMILES string of the molecule is CC(C)CCN(CC(C)C(=O)O)C1CCCCCC1. The normalized spacial score (nSPS) is 19.6. The summed E-state index contributed by atoms with van der Waals surface area (Å²) >= 11 is 0. The number of hydrogen-bond donors (Lipinski definition) is 1. The molecule has 1 aliphatic rings. The Morgan fingerprint density at radius 1 is 1.16 bits per heavy atom. The molecule has 1 rings (SSSR count). The average Bonchev–Trinajstić information content (AvgIpc) is 2.62. The monoisotopic (exact) mass is 269 g/mol. The van der Waals surface area contributed by atoms with E-state index in [1.807, 2.05) is 6.92 Å². The summed E-state index contributed by atoms with van der Waals surface area (Å²) in [6.45, 7) is 8.09. The van der Waals surface area contributed by atoms with Crippen molar-refractivity contribution in [2.45, 2.75) is 71.8 Å². The first-order valence-electron chi connectivity index (χ1n) is 7.97. The lowest BCUT2D eigenvalue weighted by Crippen LogP contribution is -2.40. The molecule has 19 heavy (non-hydrogen) atoms. The van der Waals surface area contributed by atoms with Crippen molar-refractivity contribution in [2.24, 2.45) is 11.8 Å². The first-order chi connectivity index (χ1) is 9.00. The summed E-state index contributed by atoms with van der Waals surface area (Å²) in [7, 11) is 0. The van der Waals surface area contributed by atoms with Crippen LogP contribution in [0.2, 0.25) is 0 Å². The van der Waals surface area contributed by atoms with Gasteiger partial charge in [0.05, 0.1) is 5.92 Å². The quantitative estimate of drug-likeness (QED) is 0.715. The second kappa shape index (κ2) is 8.57. The number of carbonyl (C=O) groups is 1. The molecule has 112 valence electrons. The third-order valence-corrected chi connectivity index (χ3v) is 4.26. The van der Waals surface area contributed by atoms with Crippen LogP contribution in [0, 0.1) is 11.8 Å². The summed E-state index contributed by atoms with van der Waals surface area (Å²) in [5.41, 5.74) is 0. The first-order valence-corrected chi connectivity index (χ1v) is 7.97. The highest BCUT2D eigenvalue weighted by Crippen LogP contribution is 2.23. The van der Waals surface area contributed by atoms with E-state index in [0.717, 1.165) is 6.54 Å². The molecular weight excluding hydrogens is 238 g/mol. The fraction of sp³-hybridized carbons (Fsp3) is 0.938. The van der Waals surface area contributed by atoms with Crippen molar-refractivity contribution in [3.8, 4) is 0 Å². The van der Waals surface area contributed by atoms with Gasteiger partial charge in [-0.25, -0.2) is 0 Å². The molecule has 1 N–H and O–H groups in total. The zero-order valence-corrected chi connectivity index (χ0v) is 12.9. The maximum Gasteiger partial charge on any atom is 0.307 e. The molecule has 1 atom stereocenters. The lowest BCUT2D eigenvalue weighted by atomic mass is 10.0. The van der Waals surface area contributed by atoms with Crippen LogP contribution in [0.1, 0.15) is 65.7 Å².